The third kappa shape index (κ3) is 1.79. The van der Waals surface area contributed by atoms with Crippen LogP contribution in [0, 0.1) is 0 Å². The van der Waals surface area contributed by atoms with Gasteiger partial charge in [0.1, 0.15) is 5.82 Å². The van der Waals surface area contributed by atoms with Crippen LogP contribution in [0.15, 0.2) is 24.3 Å². The number of nitrogens with one attached hydrogen (secondary N) is 2. The molecule has 17 heavy (non-hydrogen) atoms. The maximum Gasteiger partial charge on any atom is 0.158 e. The molecule has 2 heterocycles. The molecule has 0 fully saturated rings. The molecule has 0 saturated carbocycles. The minimum absolute atomic E-state index is 0.323. The molecular weight excluding hydrogens is 212 g/mol. The number of hydrogen-bond acceptors (Lipinski definition) is 3. The summed E-state index contributed by atoms with van der Waals surface area (Å²) >= 11 is 0. The summed E-state index contributed by atoms with van der Waals surface area (Å²) in [5, 5.41) is 10.8. The zero-order valence-electron chi connectivity index (χ0n) is 9.90. The van der Waals surface area contributed by atoms with Crippen LogP contribution in [-0.2, 0) is 6.42 Å². The molecular formula is C13H16N4. The van der Waals surface area contributed by atoms with Crippen molar-refractivity contribution in [2.24, 2.45) is 0 Å². The average Bonchev–Trinajstić information content (AvgIpc) is 2.87. The van der Waals surface area contributed by atoms with Crippen LogP contribution in [0.5, 0.6) is 0 Å². The molecule has 1 aromatic carbocycles. The van der Waals surface area contributed by atoms with Gasteiger partial charge in [-0.25, -0.2) is 4.98 Å². The van der Waals surface area contributed by atoms with Crippen LogP contribution < -0.4 is 5.32 Å². The molecule has 88 valence electrons. The van der Waals surface area contributed by atoms with E-state index in [1.807, 2.05) is 0 Å². The number of aromatic amines is 1. The summed E-state index contributed by atoms with van der Waals surface area (Å²) in [5.41, 5.74) is 2.52. The van der Waals surface area contributed by atoms with Gasteiger partial charge in [0.05, 0.1) is 0 Å². The molecule has 0 bridgehead atoms. The van der Waals surface area contributed by atoms with Gasteiger partial charge in [-0.15, -0.1) is 0 Å². The zero-order valence-corrected chi connectivity index (χ0v) is 9.90. The van der Waals surface area contributed by atoms with Gasteiger partial charge in [0.2, 0.25) is 0 Å². The lowest BCUT2D eigenvalue weighted by atomic mass is 9.90. The quantitative estimate of drug-likeness (QED) is 0.829. The molecule has 0 radical (unpaired) electrons. The second kappa shape index (κ2) is 4.20. The van der Waals surface area contributed by atoms with Crippen molar-refractivity contribution in [3.63, 3.8) is 0 Å². The largest absolute Gasteiger partial charge is 0.385 e. The van der Waals surface area contributed by atoms with Crippen molar-refractivity contribution in [3.05, 3.63) is 41.5 Å². The molecule has 0 saturated heterocycles. The first kappa shape index (κ1) is 10.3. The van der Waals surface area contributed by atoms with Crippen molar-refractivity contribution < 1.29 is 0 Å². The van der Waals surface area contributed by atoms with E-state index in [1.54, 1.807) is 0 Å². The summed E-state index contributed by atoms with van der Waals surface area (Å²) in [6.07, 6.45) is 1.96. The lowest BCUT2D eigenvalue weighted by Crippen LogP contribution is -2.18. The van der Waals surface area contributed by atoms with Gasteiger partial charge in [0, 0.05) is 24.6 Å². The van der Waals surface area contributed by atoms with E-state index in [2.05, 4.69) is 51.7 Å². The minimum atomic E-state index is 0.323. The maximum absolute atomic E-state index is 4.56. The highest BCUT2D eigenvalue weighted by Gasteiger charge is 2.24. The molecule has 0 aliphatic carbocycles. The van der Waals surface area contributed by atoms with Crippen LogP contribution in [0.3, 0.4) is 0 Å². The van der Waals surface area contributed by atoms with Crippen LogP contribution >= 0.6 is 0 Å². The highest BCUT2D eigenvalue weighted by atomic mass is 15.2. The predicted molar refractivity (Wildman–Crippen MR) is 67.2 cm³/mol. The van der Waals surface area contributed by atoms with E-state index in [4.69, 9.17) is 0 Å². The van der Waals surface area contributed by atoms with Gasteiger partial charge in [-0.1, -0.05) is 25.1 Å². The van der Waals surface area contributed by atoms with Crippen LogP contribution in [0.1, 0.15) is 36.5 Å². The molecule has 4 nitrogen and oxygen atoms in total. The van der Waals surface area contributed by atoms with Crippen LogP contribution in [0.4, 0.5) is 5.69 Å². The molecule has 2 aromatic rings. The third-order valence-electron chi connectivity index (χ3n) is 3.28. The Balaban J connectivity index is 1.99. The standard InChI is InChI=1S/C13H16N4/c1-2-12-15-13(17-16-12)10-7-8-14-11-6-4-3-5-9(10)11/h3-6,10,14H,2,7-8H2,1H3,(H,15,16,17). The molecule has 1 aliphatic rings. The average molecular weight is 228 g/mol. The first-order chi connectivity index (χ1) is 8.38. The monoisotopic (exact) mass is 228 g/mol. The summed E-state index contributed by atoms with van der Waals surface area (Å²) in [5.74, 6) is 2.22. The Bertz CT molecular complexity index is 518. The number of para-hydroxylation sites is 1. The smallest absolute Gasteiger partial charge is 0.158 e. The molecule has 1 atom stereocenters. The number of aromatic nitrogens is 3. The summed E-state index contributed by atoms with van der Waals surface area (Å²) in [7, 11) is 0. The molecule has 2 N–H and O–H groups in total. The van der Waals surface area contributed by atoms with Crippen molar-refractivity contribution in [2.45, 2.75) is 25.7 Å². The van der Waals surface area contributed by atoms with Gasteiger partial charge in [-0.2, -0.15) is 5.10 Å². The van der Waals surface area contributed by atoms with Gasteiger partial charge >= 0.3 is 0 Å². The van der Waals surface area contributed by atoms with Gasteiger partial charge in [0.15, 0.2) is 5.82 Å². The first-order valence-electron chi connectivity index (χ1n) is 6.12. The summed E-state index contributed by atoms with van der Waals surface area (Å²) in [6.45, 7) is 3.07. The lowest BCUT2D eigenvalue weighted by molar-refractivity contribution is 0.678. The Morgan fingerprint density at radius 2 is 2.24 bits per heavy atom. The SMILES string of the molecule is CCc1nc(C2CCNc3ccccc32)n[nH]1. The number of rotatable bonds is 2. The Morgan fingerprint density at radius 3 is 3.06 bits per heavy atom. The van der Waals surface area contributed by atoms with E-state index >= 15 is 0 Å². The van der Waals surface area contributed by atoms with Gasteiger partial charge in [-0.3, -0.25) is 5.10 Å². The number of aryl methyl sites for hydroxylation is 1. The number of benzene rings is 1. The summed E-state index contributed by atoms with van der Waals surface area (Å²) in [4.78, 5) is 4.56. The topological polar surface area (TPSA) is 53.6 Å². The van der Waals surface area contributed by atoms with Crippen molar-refractivity contribution in [1.29, 1.82) is 0 Å². The number of H-pyrrole nitrogens is 1. The highest BCUT2D eigenvalue weighted by molar-refractivity contribution is 5.56. The Morgan fingerprint density at radius 1 is 1.35 bits per heavy atom. The Kier molecular flexibility index (Phi) is 2.55. The van der Waals surface area contributed by atoms with Crippen molar-refractivity contribution in [1.82, 2.24) is 15.2 Å². The molecule has 1 unspecified atom stereocenters. The zero-order chi connectivity index (χ0) is 11.7. The third-order valence-corrected chi connectivity index (χ3v) is 3.28. The fraction of sp³-hybridized carbons (Fsp3) is 0.385. The van der Waals surface area contributed by atoms with E-state index in [9.17, 15) is 0 Å². The normalized spacial score (nSPS) is 18.5. The Labute approximate surface area is 100 Å². The number of hydrogen-bond donors (Lipinski definition) is 2. The fourth-order valence-electron chi connectivity index (χ4n) is 2.36. The van der Waals surface area contributed by atoms with E-state index in [1.165, 1.54) is 11.3 Å². The highest BCUT2D eigenvalue weighted by Crippen LogP contribution is 2.34. The van der Waals surface area contributed by atoms with E-state index < -0.39 is 0 Å². The van der Waals surface area contributed by atoms with Crippen molar-refractivity contribution >= 4 is 5.69 Å². The van der Waals surface area contributed by atoms with E-state index in [0.29, 0.717) is 5.92 Å². The predicted octanol–water partition coefficient (Wildman–Crippen LogP) is 2.31. The van der Waals surface area contributed by atoms with Crippen LogP contribution in [-0.4, -0.2) is 21.7 Å². The fourth-order valence-corrected chi connectivity index (χ4v) is 2.36. The van der Waals surface area contributed by atoms with E-state index in [0.717, 1.165) is 31.0 Å². The van der Waals surface area contributed by atoms with Gasteiger partial charge in [0.25, 0.3) is 0 Å². The molecule has 1 aliphatic heterocycles. The van der Waals surface area contributed by atoms with E-state index in [-0.39, 0.29) is 0 Å². The molecule has 1 aromatic heterocycles. The second-order valence-electron chi connectivity index (χ2n) is 4.35. The number of anilines is 1. The molecule has 0 spiro atoms. The molecule has 3 rings (SSSR count). The first-order valence-corrected chi connectivity index (χ1v) is 6.12. The van der Waals surface area contributed by atoms with Gasteiger partial charge < -0.3 is 5.32 Å². The van der Waals surface area contributed by atoms with Crippen molar-refractivity contribution in [2.75, 3.05) is 11.9 Å². The van der Waals surface area contributed by atoms with Crippen molar-refractivity contribution in [3.8, 4) is 0 Å². The second-order valence-corrected chi connectivity index (χ2v) is 4.35. The van der Waals surface area contributed by atoms with Crippen LogP contribution in [0.2, 0.25) is 0 Å². The molecule has 4 heteroatoms. The molecule has 0 amide bonds. The number of fused-ring (bicyclic) bond motifs is 1. The summed E-state index contributed by atoms with van der Waals surface area (Å²) < 4.78 is 0. The lowest BCUT2D eigenvalue weighted by Gasteiger charge is -2.24. The minimum Gasteiger partial charge on any atom is -0.385 e. The Hall–Kier alpha value is -1.84. The van der Waals surface area contributed by atoms with Crippen LogP contribution in [0.25, 0.3) is 0 Å². The number of nitrogens with zero attached hydrogens (tertiary/aromatic N) is 2. The maximum atomic E-state index is 4.56. The summed E-state index contributed by atoms with van der Waals surface area (Å²) in [6, 6.07) is 8.42. The van der Waals surface area contributed by atoms with Gasteiger partial charge in [-0.05, 0) is 18.1 Å².